The van der Waals surface area contributed by atoms with Gasteiger partial charge in [-0.05, 0) is 19.4 Å². The molecule has 2 aromatic rings. The Morgan fingerprint density at radius 2 is 2.43 bits per heavy atom. The number of anilines is 1. The van der Waals surface area contributed by atoms with Crippen molar-refractivity contribution in [2.24, 2.45) is 5.92 Å². The lowest BCUT2D eigenvalue weighted by Gasteiger charge is -2.15. The van der Waals surface area contributed by atoms with E-state index >= 15 is 0 Å². The first-order chi connectivity index (χ1) is 10.2. The third kappa shape index (κ3) is 2.62. The maximum atomic E-state index is 11.1. The Labute approximate surface area is 122 Å². The average molecular weight is 289 g/mol. The van der Waals surface area contributed by atoms with E-state index in [1.807, 2.05) is 7.05 Å². The van der Waals surface area contributed by atoms with E-state index in [0.717, 1.165) is 31.2 Å². The van der Waals surface area contributed by atoms with E-state index in [1.54, 1.807) is 6.20 Å². The van der Waals surface area contributed by atoms with Crippen LogP contribution in [0, 0.1) is 5.92 Å². The third-order valence-corrected chi connectivity index (χ3v) is 4.17. The lowest BCUT2D eigenvalue weighted by Crippen LogP contribution is -2.28. The van der Waals surface area contributed by atoms with Gasteiger partial charge in [0.15, 0.2) is 6.29 Å². The zero-order valence-electron chi connectivity index (χ0n) is 11.9. The number of aromatic amines is 1. The van der Waals surface area contributed by atoms with Crippen LogP contribution < -0.4 is 5.32 Å². The van der Waals surface area contributed by atoms with Gasteiger partial charge in [0.25, 0.3) is 0 Å². The van der Waals surface area contributed by atoms with Gasteiger partial charge in [0, 0.05) is 30.9 Å². The molecule has 3 heterocycles. The van der Waals surface area contributed by atoms with Gasteiger partial charge in [-0.2, -0.15) is 0 Å². The van der Waals surface area contributed by atoms with Gasteiger partial charge >= 0.3 is 0 Å². The highest BCUT2D eigenvalue weighted by molar-refractivity contribution is 6.01. The maximum absolute atomic E-state index is 11.1. The minimum atomic E-state index is 0.192. The molecule has 0 bridgehead atoms. The highest BCUT2D eigenvalue weighted by Gasteiger charge is 2.28. The van der Waals surface area contributed by atoms with Gasteiger partial charge in [-0.1, -0.05) is 0 Å². The molecule has 0 radical (unpaired) electrons. The molecule has 3 rings (SSSR count). The number of carbonyl (C=O) groups excluding carboxylic acids is 1. The molecule has 2 aromatic heterocycles. The molecule has 1 aliphatic heterocycles. The zero-order chi connectivity index (χ0) is 14.8. The molecule has 112 valence electrons. The van der Waals surface area contributed by atoms with Gasteiger partial charge < -0.3 is 20.3 Å². The minimum Gasteiger partial charge on any atom is -0.395 e. The summed E-state index contributed by atoms with van der Waals surface area (Å²) < 4.78 is 0. The summed E-state index contributed by atoms with van der Waals surface area (Å²) in [5.74, 6) is 1.13. The predicted molar refractivity (Wildman–Crippen MR) is 79.4 cm³/mol. The van der Waals surface area contributed by atoms with Crippen molar-refractivity contribution in [2.75, 3.05) is 32.1 Å². The Kier molecular flexibility index (Phi) is 3.85. The average Bonchev–Trinajstić information content (AvgIpc) is 3.08. The quantitative estimate of drug-likeness (QED) is 0.694. The molecule has 21 heavy (non-hydrogen) atoms. The van der Waals surface area contributed by atoms with Crippen LogP contribution in [-0.4, -0.2) is 64.0 Å². The molecule has 0 spiro atoms. The van der Waals surface area contributed by atoms with E-state index in [-0.39, 0.29) is 12.6 Å². The van der Waals surface area contributed by atoms with Crippen molar-refractivity contribution < 1.29 is 9.90 Å². The number of aliphatic hydroxyl groups is 1. The SMILES string of the molecule is CN1C[C@H](CNc2ncnc3[nH]cc(C=O)c23)C[C@H]1CO. The Bertz CT molecular complexity index is 641. The normalized spacial score (nSPS) is 22.8. The number of nitrogens with one attached hydrogen (secondary N) is 2. The number of rotatable bonds is 5. The molecule has 3 N–H and O–H groups in total. The van der Waals surface area contributed by atoms with Gasteiger partial charge in [0.2, 0.25) is 0 Å². The van der Waals surface area contributed by atoms with Crippen molar-refractivity contribution >= 4 is 23.1 Å². The van der Waals surface area contributed by atoms with E-state index < -0.39 is 0 Å². The number of H-pyrrole nitrogens is 1. The van der Waals surface area contributed by atoms with Gasteiger partial charge in [0.05, 0.1) is 12.0 Å². The van der Waals surface area contributed by atoms with Crippen LogP contribution in [0.2, 0.25) is 0 Å². The van der Waals surface area contributed by atoms with Crippen LogP contribution in [0.5, 0.6) is 0 Å². The number of carbonyl (C=O) groups is 1. The van der Waals surface area contributed by atoms with Crippen molar-refractivity contribution in [3.63, 3.8) is 0 Å². The van der Waals surface area contributed by atoms with Crippen LogP contribution in [0.15, 0.2) is 12.5 Å². The topological polar surface area (TPSA) is 94.1 Å². The monoisotopic (exact) mass is 289 g/mol. The van der Waals surface area contributed by atoms with Crippen LogP contribution in [0.3, 0.4) is 0 Å². The van der Waals surface area contributed by atoms with Gasteiger partial charge in [-0.25, -0.2) is 9.97 Å². The number of hydrogen-bond acceptors (Lipinski definition) is 6. The summed E-state index contributed by atoms with van der Waals surface area (Å²) in [6, 6.07) is 0.236. The molecule has 0 saturated carbocycles. The molecule has 7 heteroatoms. The first-order valence-corrected chi connectivity index (χ1v) is 7.05. The molecule has 0 aliphatic carbocycles. The summed E-state index contributed by atoms with van der Waals surface area (Å²) in [6.45, 7) is 1.90. The molecular formula is C14H19N5O2. The molecule has 1 saturated heterocycles. The summed E-state index contributed by atoms with van der Waals surface area (Å²) in [4.78, 5) is 24.6. The fourth-order valence-electron chi connectivity index (χ4n) is 3.01. The molecule has 1 fully saturated rings. The summed E-state index contributed by atoms with van der Waals surface area (Å²) in [6.07, 6.45) is 4.89. The minimum absolute atomic E-state index is 0.192. The summed E-state index contributed by atoms with van der Waals surface area (Å²) >= 11 is 0. The highest BCUT2D eigenvalue weighted by atomic mass is 16.3. The van der Waals surface area contributed by atoms with Crippen molar-refractivity contribution in [3.05, 3.63) is 18.1 Å². The third-order valence-electron chi connectivity index (χ3n) is 4.17. The van der Waals surface area contributed by atoms with E-state index in [9.17, 15) is 9.90 Å². The van der Waals surface area contributed by atoms with Gasteiger partial charge in [-0.3, -0.25) is 4.79 Å². The summed E-state index contributed by atoms with van der Waals surface area (Å²) in [7, 11) is 2.03. The number of aliphatic hydroxyl groups excluding tert-OH is 1. The number of nitrogens with zero attached hydrogens (tertiary/aromatic N) is 3. The molecule has 7 nitrogen and oxygen atoms in total. The zero-order valence-corrected chi connectivity index (χ0v) is 11.9. The molecule has 1 aliphatic rings. The second-order valence-corrected chi connectivity index (χ2v) is 5.57. The van der Waals surface area contributed by atoms with Crippen molar-refractivity contribution in [1.29, 1.82) is 0 Å². The lowest BCUT2D eigenvalue weighted by atomic mass is 10.1. The maximum Gasteiger partial charge on any atom is 0.152 e. The van der Waals surface area contributed by atoms with E-state index in [2.05, 4.69) is 25.2 Å². The number of hydrogen-bond donors (Lipinski definition) is 3. The summed E-state index contributed by atoms with van der Waals surface area (Å²) in [5, 5.41) is 13.3. The van der Waals surface area contributed by atoms with Crippen molar-refractivity contribution in [3.8, 4) is 0 Å². The van der Waals surface area contributed by atoms with Crippen LogP contribution in [0.4, 0.5) is 5.82 Å². The Balaban J connectivity index is 1.74. The van der Waals surface area contributed by atoms with Crippen LogP contribution in [0.1, 0.15) is 16.8 Å². The number of likely N-dealkylation sites (tertiary alicyclic amines) is 1. The Hall–Kier alpha value is -1.99. The van der Waals surface area contributed by atoms with Crippen molar-refractivity contribution in [1.82, 2.24) is 19.9 Å². The first kappa shape index (κ1) is 14.0. The van der Waals surface area contributed by atoms with Crippen LogP contribution in [0.25, 0.3) is 11.0 Å². The second kappa shape index (κ2) is 5.79. The van der Waals surface area contributed by atoms with Crippen LogP contribution >= 0.6 is 0 Å². The Morgan fingerprint density at radius 3 is 3.14 bits per heavy atom. The second-order valence-electron chi connectivity index (χ2n) is 5.57. The smallest absolute Gasteiger partial charge is 0.152 e. The van der Waals surface area contributed by atoms with E-state index in [1.165, 1.54) is 6.33 Å². The number of aldehydes is 1. The number of likely N-dealkylation sites (N-methyl/N-ethyl adjacent to an activating group) is 1. The molecular weight excluding hydrogens is 270 g/mol. The lowest BCUT2D eigenvalue weighted by molar-refractivity contribution is 0.112. The van der Waals surface area contributed by atoms with E-state index in [4.69, 9.17) is 0 Å². The highest BCUT2D eigenvalue weighted by Crippen LogP contribution is 2.25. The predicted octanol–water partition coefficient (Wildman–Crippen LogP) is 0.495. The first-order valence-electron chi connectivity index (χ1n) is 7.05. The fraction of sp³-hybridized carbons (Fsp3) is 0.500. The molecule has 0 aromatic carbocycles. The van der Waals surface area contributed by atoms with Crippen molar-refractivity contribution in [2.45, 2.75) is 12.5 Å². The fourth-order valence-corrected chi connectivity index (χ4v) is 3.01. The number of fused-ring (bicyclic) bond motifs is 1. The number of aromatic nitrogens is 3. The van der Waals surface area contributed by atoms with Gasteiger partial charge in [-0.15, -0.1) is 0 Å². The largest absolute Gasteiger partial charge is 0.395 e. The summed E-state index contributed by atoms with van der Waals surface area (Å²) in [5.41, 5.74) is 1.22. The molecule has 0 unspecified atom stereocenters. The van der Waals surface area contributed by atoms with Gasteiger partial charge in [0.1, 0.15) is 17.8 Å². The Morgan fingerprint density at radius 1 is 1.57 bits per heavy atom. The van der Waals surface area contributed by atoms with E-state index in [0.29, 0.717) is 22.9 Å². The standard InChI is InChI=1S/C14H19N5O2/c1-19-5-9(2-11(19)7-21)3-15-13-12-10(6-20)4-16-14(12)18-8-17-13/h4,6,8-9,11,21H,2-3,5,7H2,1H3,(H2,15,16,17,18)/t9-,11-/m0/s1. The van der Waals surface area contributed by atoms with Crippen LogP contribution in [-0.2, 0) is 0 Å². The molecule has 2 atom stereocenters. The molecule has 0 amide bonds.